The Bertz CT molecular complexity index is 587. The summed E-state index contributed by atoms with van der Waals surface area (Å²) in [5, 5.41) is 9.84. The third kappa shape index (κ3) is 2.59. The van der Waals surface area contributed by atoms with Gasteiger partial charge >= 0.3 is 0 Å². The maximum atomic E-state index is 11.9. The highest BCUT2D eigenvalue weighted by molar-refractivity contribution is 8.26. The van der Waals surface area contributed by atoms with Gasteiger partial charge in [-0.05, 0) is 23.8 Å². The van der Waals surface area contributed by atoms with Gasteiger partial charge in [-0.1, -0.05) is 24.0 Å². The number of nitrogens with zero attached hydrogens (tertiary/aromatic N) is 1. The van der Waals surface area contributed by atoms with Crippen LogP contribution in [0.25, 0.3) is 6.08 Å². The highest BCUT2D eigenvalue weighted by Gasteiger charge is 2.28. The van der Waals surface area contributed by atoms with Crippen molar-refractivity contribution in [2.24, 2.45) is 0 Å². The van der Waals surface area contributed by atoms with Crippen molar-refractivity contribution in [1.29, 1.82) is 0 Å². The summed E-state index contributed by atoms with van der Waals surface area (Å²) in [4.78, 5) is 13.9. The second-order valence-corrected chi connectivity index (χ2v) is 5.69. The van der Waals surface area contributed by atoms with Gasteiger partial charge in [0.15, 0.2) is 11.5 Å². The quantitative estimate of drug-likeness (QED) is 0.682. The highest BCUT2D eigenvalue weighted by Crippen LogP contribution is 2.39. The largest absolute Gasteiger partial charge is 0.502 e. The fraction of sp³-hybridized carbons (Fsp3) is 0.231. The lowest BCUT2D eigenvalue weighted by Crippen LogP contribution is -2.22. The molecule has 0 unspecified atom stereocenters. The van der Waals surface area contributed by atoms with Crippen LogP contribution < -0.4 is 9.47 Å². The van der Waals surface area contributed by atoms with Crippen LogP contribution in [0.2, 0.25) is 0 Å². The van der Waals surface area contributed by atoms with E-state index in [1.807, 2.05) is 0 Å². The van der Waals surface area contributed by atoms with Crippen molar-refractivity contribution in [3.8, 4) is 17.2 Å². The SMILES string of the molecule is COc1cc(C=C2SC(=S)N(C)C2=O)cc(OC)c1O. The molecule has 1 aliphatic rings. The van der Waals surface area contributed by atoms with E-state index in [0.29, 0.717) is 14.8 Å². The molecule has 0 saturated carbocycles. The Hall–Kier alpha value is -1.73. The Balaban J connectivity index is 2.44. The van der Waals surface area contributed by atoms with Crippen LogP contribution in [0.4, 0.5) is 0 Å². The molecule has 1 amide bonds. The Morgan fingerprint density at radius 3 is 2.25 bits per heavy atom. The fourth-order valence-electron chi connectivity index (χ4n) is 1.69. The monoisotopic (exact) mass is 311 g/mol. The third-order valence-electron chi connectivity index (χ3n) is 2.79. The van der Waals surface area contributed by atoms with Gasteiger partial charge in [-0.2, -0.15) is 0 Å². The summed E-state index contributed by atoms with van der Waals surface area (Å²) in [7, 11) is 4.53. The molecule has 1 aromatic carbocycles. The first-order valence-electron chi connectivity index (χ1n) is 5.64. The van der Waals surface area contributed by atoms with E-state index in [4.69, 9.17) is 21.7 Å². The summed E-state index contributed by atoms with van der Waals surface area (Å²) >= 11 is 6.30. The van der Waals surface area contributed by atoms with Gasteiger partial charge in [-0.15, -0.1) is 0 Å². The van der Waals surface area contributed by atoms with Crippen LogP contribution in [0.15, 0.2) is 17.0 Å². The molecule has 2 rings (SSSR count). The summed E-state index contributed by atoms with van der Waals surface area (Å²) in [6.07, 6.45) is 1.69. The molecule has 1 heterocycles. The van der Waals surface area contributed by atoms with Crippen LogP contribution in [-0.2, 0) is 4.79 Å². The normalized spacial score (nSPS) is 16.9. The van der Waals surface area contributed by atoms with E-state index in [1.165, 1.54) is 30.9 Å². The maximum absolute atomic E-state index is 11.9. The second-order valence-electron chi connectivity index (χ2n) is 4.01. The van der Waals surface area contributed by atoms with Gasteiger partial charge in [0, 0.05) is 7.05 Å². The van der Waals surface area contributed by atoms with Crippen molar-refractivity contribution in [2.45, 2.75) is 0 Å². The van der Waals surface area contributed by atoms with Crippen molar-refractivity contribution in [3.63, 3.8) is 0 Å². The van der Waals surface area contributed by atoms with Crippen molar-refractivity contribution in [1.82, 2.24) is 4.90 Å². The molecule has 1 aliphatic heterocycles. The lowest BCUT2D eigenvalue weighted by Gasteiger charge is -2.09. The number of hydrogen-bond acceptors (Lipinski definition) is 6. The van der Waals surface area contributed by atoms with Gasteiger partial charge in [0.2, 0.25) is 5.75 Å². The molecular weight excluding hydrogens is 298 g/mol. The zero-order valence-corrected chi connectivity index (χ0v) is 12.8. The number of ether oxygens (including phenoxy) is 2. The van der Waals surface area contributed by atoms with E-state index in [-0.39, 0.29) is 23.2 Å². The minimum atomic E-state index is -0.147. The number of carbonyl (C=O) groups is 1. The first kappa shape index (κ1) is 14.7. The van der Waals surface area contributed by atoms with Gasteiger partial charge in [0.05, 0.1) is 19.1 Å². The van der Waals surface area contributed by atoms with Crippen LogP contribution in [0.3, 0.4) is 0 Å². The van der Waals surface area contributed by atoms with Gasteiger partial charge in [-0.3, -0.25) is 9.69 Å². The topological polar surface area (TPSA) is 59.0 Å². The molecule has 5 nitrogen and oxygen atoms in total. The van der Waals surface area contributed by atoms with Gasteiger partial charge < -0.3 is 14.6 Å². The molecule has 0 atom stereocenters. The molecule has 7 heteroatoms. The number of phenols is 1. The Labute approximate surface area is 126 Å². The molecule has 106 valence electrons. The van der Waals surface area contributed by atoms with E-state index in [9.17, 15) is 9.90 Å². The van der Waals surface area contributed by atoms with Crippen LogP contribution in [-0.4, -0.2) is 41.5 Å². The molecule has 1 saturated heterocycles. The van der Waals surface area contributed by atoms with Crippen LogP contribution >= 0.6 is 24.0 Å². The molecule has 1 aromatic rings. The Morgan fingerprint density at radius 1 is 1.30 bits per heavy atom. The van der Waals surface area contributed by atoms with E-state index < -0.39 is 0 Å². The van der Waals surface area contributed by atoms with Crippen LogP contribution in [0.5, 0.6) is 17.2 Å². The Morgan fingerprint density at radius 2 is 1.85 bits per heavy atom. The molecule has 0 radical (unpaired) electrons. The summed E-state index contributed by atoms with van der Waals surface area (Å²) in [5.74, 6) is 0.339. The molecule has 0 aromatic heterocycles. The number of rotatable bonds is 3. The second kappa shape index (κ2) is 5.72. The average Bonchev–Trinajstić information content (AvgIpc) is 2.68. The molecule has 0 bridgehead atoms. The lowest BCUT2D eigenvalue weighted by molar-refractivity contribution is -0.121. The molecular formula is C13H13NO4S2. The fourth-order valence-corrected chi connectivity index (χ4v) is 2.87. The average molecular weight is 311 g/mol. The predicted molar refractivity (Wildman–Crippen MR) is 82.1 cm³/mol. The number of benzene rings is 1. The number of carbonyl (C=O) groups excluding carboxylic acids is 1. The van der Waals surface area contributed by atoms with Crippen LogP contribution in [0.1, 0.15) is 5.56 Å². The molecule has 1 fully saturated rings. The van der Waals surface area contributed by atoms with E-state index in [0.717, 1.165) is 0 Å². The number of likely N-dealkylation sites (N-methyl/N-ethyl adjacent to an activating group) is 1. The Kier molecular flexibility index (Phi) is 4.20. The minimum absolute atomic E-state index is 0.0739. The first-order chi connectivity index (χ1) is 9.47. The van der Waals surface area contributed by atoms with Gasteiger partial charge in [0.25, 0.3) is 5.91 Å². The van der Waals surface area contributed by atoms with Crippen molar-refractivity contribution >= 4 is 40.3 Å². The number of aromatic hydroxyl groups is 1. The standard InChI is InChI=1S/C13H13NO4S2/c1-14-12(16)10(20-13(14)19)6-7-4-8(17-2)11(15)9(5-7)18-3/h4-6,15H,1-3H3. The van der Waals surface area contributed by atoms with Gasteiger partial charge in [0.1, 0.15) is 4.32 Å². The molecule has 0 spiro atoms. The highest BCUT2D eigenvalue weighted by atomic mass is 32.2. The van der Waals surface area contributed by atoms with E-state index in [1.54, 1.807) is 25.3 Å². The third-order valence-corrected chi connectivity index (χ3v) is 4.27. The predicted octanol–water partition coefficient (Wildman–Crippen LogP) is 2.24. The smallest absolute Gasteiger partial charge is 0.265 e. The summed E-state index contributed by atoms with van der Waals surface area (Å²) in [5.41, 5.74) is 0.686. The number of hydrogen-bond donors (Lipinski definition) is 1. The van der Waals surface area contributed by atoms with Crippen molar-refractivity contribution in [2.75, 3.05) is 21.3 Å². The molecule has 20 heavy (non-hydrogen) atoms. The summed E-state index contributed by atoms with van der Waals surface area (Å²) in [6.45, 7) is 0. The number of methoxy groups -OCH3 is 2. The van der Waals surface area contributed by atoms with E-state index >= 15 is 0 Å². The van der Waals surface area contributed by atoms with Gasteiger partial charge in [-0.25, -0.2) is 0 Å². The molecule has 1 N–H and O–H groups in total. The zero-order chi connectivity index (χ0) is 14.9. The van der Waals surface area contributed by atoms with E-state index in [2.05, 4.69) is 0 Å². The summed E-state index contributed by atoms with van der Waals surface area (Å²) in [6, 6.07) is 3.25. The first-order valence-corrected chi connectivity index (χ1v) is 6.87. The zero-order valence-electron chi connectivity index (χ0n) is 11.2. The number of thiocarbonyl (C=S) groups is 1. The summed E-state index contributed by atoms with van der Waals surface area (Å²) < 4.78 is 10.7. The molecule has 0 aliphatic carbocycles. The number of phenolic OH excluding ortho intramolecular Hbond substituents is 1. The lowest BCUT2D eigenvalue weighted by atomic mass is 10.1. The maximum Gasteiger partial charge on any atom is 0.265 e. The van der Waals surface area contributed by atoms with Crippen LogP contribution in [0, 0.1) is 0 Å². The van der Waals surface area contributed by atoms with Crippen molar-refractivity contribution in [3.05, 3.63) is 22.6 Å². The minimum Gasteiger partial charge on any atom is -0.502 e. The number of amides is 1. The van der Waals surface area contributed by atoms with Crippen molar-refractivity contribution < 1.29 is 19.4 Å². The number of thioether (sulfide) groups is 1.